The summed E-state index contributed by atoms with van der Waals surface area (Å²) in [6, 6.07) is 2.93. The highest BCUT2D eigenvalue weighted by Crippen LogP contribution is 2.17. The highest BCUT2D eigenvalue weighted by Gasteiger charge is 2.20. The molecule has 2 heterocycles. The van der Waals surface area contributed by atoms with E-state index in [0.29, 0.717) is 11.3 Å². The Morgan fingerprint density at radius 1 is 1.47 bits per heavy atom. The summed E-state index contributed by atoms with van der Waals surface area (Å²) >= 11 is 5.75. The van der Waals surface area contributed by atoms with E-state index in [9.17, 15) is 9.59 Å². The highest BCUT2D eigenvalue weighted by molar-refractivity contribution is 6.17. The molecule has 0 unspecified atom stereocenters. The first-order chi connectivity index (χ1) is 9.08. The van der Waals surface area contributed by atoms with Crippen LogP contribution in [0.5, 0.6) is 0 Å². The summed E-state index contributed by atoms with van der Waals surface area (Å²) in [5, 5.41) is 8.97. The fourth-order valence-corrected chi connectivity index (χ4v) is 1.91. The van der Waals surface area contributed by atoms with Crippen molar-refractivity contribution < 1.29 is 19.4 Å². The van der Waals surface area contributed by atoms with Gasteiger partial charge in [-0.3, -0.25) is 4.40 Å². The third-order valence-corrected chi connectivity index (χ3v) is 2.79. The van der Waals surface area contributed by atoms with E-state index in [-0.39, 0.29) is 23.7 Å². The number of rotatable bonds is 4. The van der Waals surface area contributed by atoms with Crippen LogP contribution in [-0.2, 0) is 10.6 Å². The number of carboxylic acid groups (broad SMARTS) is 1. The van der Waals surface area contributed by atoms with E-state index in [0.717, 1.165) is 0 Å². The van der Waals surface area contributed by atoms with Crippen LogP contribution in [0, 0.1) is 0 Å². The minimum atomic E-state index is -1.09. The number of fused-ring (bicyclic) bond motifs is 1. The van der Waals surface area contributed by atoms with Gasteiger partial charge in [-0.2, -0.15) is 0 Å². The number of hydrogen-bond acceptors (Lipinski definition) is 4. The van der Waals surface area contributed by atoms with Crippen molar-refractivity contribution in [3.63, 3.8) is 0 Å². The lowest BCUT2D eigenvalue weighted by molar-refractivity contribution is 0.0516. The molecule has 100 valence electrons. The largest absolute Gasteiger partial charge is 0.478 e. The second-order valence-electron chi connectivity index (χ2n) is 3.71. The summed E-state index contributed by atoms with van der Waals surface area (Å²) in [7, 11) is 0. The molecule has 0 aliphatic heterocycles. The summed E-state index contributed by atoms with van der Waals surface area (Å²) in [5.74, 6) is -1.62. The first-order valence-corrected chi connectivity index (χ1v) is 6.09. The number of carboxylic acids is 1. The SMILES string of the molecule is CCOC(=O)c1c(CCl)nc2ccc(C(=O)O)cn12. The van der Waals surface area contributed by atoms with E-state index in [2.05, 4.69) is 4.98 Å². The van der Waals surface area contributed by atoms with Gasteiger partial charge in [0, 0.05) is 6.20 Å². The van der Waals surface area contributed by atoms with Gasteiger partial charge in [0.2, 0.25) is 0 Å². The number of imidazole rings is 1. The van der Waals surface area contributed by atoms with Crippen molar-refractivity contribution in [2.75, 3.05) is 6.61 Å². The summed E-state index contributed by atoms with van der Waals surface area (Å²) in [5.41, 5.74) is 1.03. The molecule has 2 aromatic rings. The Balaban J connectivity index is 2.66. The summed E-state index contributed by atoms with van der Waals surface area (Å²) in [4.78, 5) is 27.0. The maximum Gasteiger partial charge on any atom is 0.357 e. The Kier molecular flexibility index (Phi) is 3.71. The Morgan fingerprint density at radius 2 is 2.21 bits per heavy atom. The van der Waals surface area contributed by atoms with E-state index in [4.69, 9.17) is 21.4 Å². The van der Waals surface area contributed by atoms with Crippen LogP contribution in [-0.4, -0.2) is 33.0 Å². The molecule has 7 heteroatoms. The number of aromatic nitrogens is 2. The molecule has 2 rings (SSSR count). The van der Waals surface area contributed by atoms with Gasteiger partial charge in [-0.15, -0.1) is 11.6 Å². The Hall–Kier alpha value is -2.08. The van der Waals surface area contributed by atoms with E-state index in [1.807, 2.05) is 0 Å². The zero-order valence-electron chi connectivity index (χ0n) is 10.1. The lowest BCUT2D eigenvalue weighted by Gasteiger charge is -2.04. The number of alkyl halides is 1. The minimum Gasteiger partial charge on any atom is -0.478 e. The van der Waals surface area contributed by atoms with Crippen LogP contribution in [0.15, 0.2) is 18.3 Å². The van der Waals surface area contributed by atoms with Crippen LogP contribution in [0.2, 0.25) is 0 Å². The van der Waals surface area contributed by atoms with E-state index in [1.54, 1.807) is 6.92 Å². The summed E-state index contributed by atoms with van der Waals surface area (Å²) in [6.45, 7) is 1.90. The molecule has 2 aromatic heterocycles. The predicted molar refractivity (Wildman–Crippen MR) is 67.7 cm³/mol. The molecule has 0 spiro atoms. The summed E-state index contributed by atoms with van der Waals surface area (Å²) in [6.07, 6.45) is 1.33. The van der Waals surface area contributed by atoms with Gasteiger partial charge in [0.25, 0.3) is 0 Å². The van der Waals surface area contributed by atoms with Crippen LogP contribution in [0.25, 0.3) is 5.65 Å². The van der Waals surface area contributed by atoms with Gasteiger partial charge in [0.15, 0.2) is 5.69 Å². The molecule has 0 radical (unpaired) electrons. The van der Waals surface area contributed by atoms with Gasteiger partial charge < -0.3 is 9.84 Å². The Morgan fingerprint density at radius 3 is 2.79 bits per heavy atom. The molecule has 6 nitrogen and oxygen atoms in total. The number of esters is 1. The molecular weight excluding hydrogens is 272 g/mol. The topological polar surface area (TPSA) is 80.9 Å². The number of carbonyl (C=O) groups excluding carboxylic acids is 1. The molecule has 0 aromatic carbocycles. The number of halogens is 1. The molecule has 0 bridgehead atoms. The molecule has 0 saturated heterocycles. The van der Waals surface area contributed by atoms with Crippen LogP contribution < -0.4 is 0 Å². The molecule has 0 aliphatic rings. The number of nitrogens with zero attached hydrogens (tertiary/aromatic N) is 2. The van der Waals surface area contributed by atoms with Crippen LogP contribution in [0.3, 0.4) is 0 Å². The number of hydrogen-bond donors (Lipinski definition) is 1. The second kappa shape index (κ2) is 5.27. The highest BCUT2D eigenvalue weighted by atomic mass is 35.5. The smallest absolute Gasteiger partial charge is 0.357 e. The van der Waals surface area contributed by atoms with Gasteiger partial charge in [-0.25, -0.2) is 14.6 Å². The maximum atomic E-state index is 11.9. The first-order valence-electron chi connectivity index (χ1n) is 5.55. The van der Waals surface area contributed by atoms with Gasteiger partial charge in [-0.05, 0) is 19.1 Å². The van der Waals surface area contributed by atoms with Crippen molar-refractivity contribution in [1.29, 1.82) is 0 Å². The molecular formula is C12H11ClN2O4. The zero-order valence-corrected chi connectivity index (χ0v) is 10.8. The third kappa shape index (κ3) is 2.39. The third-order valence-electron chi connectivity index (χ3n) is 2.53. The molecule has 19 heavy (non-hydrogen) atoms. The normalized spacial score (nSPS) is 10.6. The van der Waals surface area contributed by atoms with Gasteiger partial charge >= 0.3 is 11.9 Å². The van der Waals surface area contributed by atoms with Gasteiger partial charge in [0.05, 0.1) is 23.7 Å². The first kappa shape index (κ1) is 13.4. The lowest BCUT2D eigenvalue weighted by Crippen LogP contribution is -2.11. The Bertz CT molecular complexity index is 650. The van der Waals surface area contributed by atoms with Crippen LogP contribution in [0.4, 0.5) is 0 Å². The standard InChI is InChI=1S/C12H11ClN2O4/c1-2-19-12(18)10-8(5-13)14-9-4-3-7(11(16)17)6-15(9)10/h3-4,6H,2,5H2,1H3,(H,16,17). The van der Waals surface area contributed by atoms with Crippen LogP contribution >= 0.6 is 11.6 Å². The van der Waals surface area contributed by atoms with E-state index in [1.165, 1.54) is 22.7 Å². The number of ether oxygens (including phenoxy) is 1. The molecule has 0 amide bonds. The molecule has 0 fully saturated rings. The van der Waals surface area contributed by atoms with E-state index < -0.39 is 11.9 Å². The van der Waals surface area contributed by atoms with E-state index >= 15 is 0 Å². The fraction of sp³-hybridized carbons (Fsp3) is 0.250. The number of carbonyl (C=O) groups is 2. The zero-order chi connectivity index (χ0) is 14.0. The minimum absolute atomic E-state index is 0.0399. The van der Waals surface area contributed by atoms with Crippen molar-refractivity contribution in [2.24, 2.45) is 0 Å². The molecule has 0 atom stereocenters. The molecule has 0 aliphatic carbocycles. The Labute approximate surface area is 113 Å². The number of pyridine rings is 1. The van der Waals surface area contributed by atoms with Crippen molar-refractivity contribution in [3.8, 4) is 0 Å². The average molecular weight is 283 g/mol. The van der Waals surface area contributed by atoms with Crippen LogP contribution in [0.1, 0.15) is 33.5 Å². The van der Waals surface area contributed by atoms with Crippen molar-refractivity contribution in [1.82, 2.24) is 9.38 Å². The lowest BCUT2D eigenvalue weighted by atomic mass is 10.3. The quantitative estimate of drug-likeness (QED) is 0.685. The number of aromatic carboxylic acids is 1. The second-order valence-corrected chi connectivity index (χ2v) is 3.98. The molecule has 0 saturated carbocycles. The maximum absolute atomic E-state index is 11.9. The van der Waals surface area contributed by atoms with Gasteiger partial charge in [0.1, 0.15) is 5.65 Å². The van der Waals surface area contributed by atoms with Crippen molar-refractivity contribution in [2.45, 2.75) is 12.8 Å². The van der Waals surface area contributed by atoms with Crippen molar-refractivity contribution >= 4 is 29.2 Å². The summed E-state index contributed by atoms with van der Waals surface area (Å²) < 4.78 is 6.32. The predicted octanol–water partition coefficient (Wildman–Crippen LogP) is 1.95. The average Bonchev–Trinajstić information content (AvgIpc) is 2.76. The van der Waals surface area contributed by atoms with Crippen molar-refractivity contribution in [3.05, 3.63) is 35.3 Å². The van der Waals surface area contributed by atoms with Gasteiger partial charge in [-0.1, -0.05) is 0 Å². The molecule has 1 N–H and O–H groups in total. The monoisotopic (exact) mass is 282 g/mol. The fourth-order valence-electron chi connectivity index (χ4n) is 1.73.